The Morgan fingerprint density at radius 2 is 1.62 bits per heavy atom. The van der Waals surface area contributed by atoms with E-state index in [1.165, 1.54) is 16.8 Å². The highest BCUT2D eigenvalue weighted by atomic mass is 16.6. The average molecular weight is 503 g/mol. The van der Waals surface area contributed by atoms with Crippen LogP contribution in [0.3, 0.4) is 0 Å². The quantitative estimate of drug-likeness (QED) is 0.626. The Kier molecular flexibility index (Phi) is 6.80. The number of hydrogen-bond donors (Lipinski definition) is 0. The van der Waals surface area contributed by atoms with E-state index in [2.05, 4.69) is 39.9 Å². The molecule has 1 aliphatic carbocycles. The number of piperidine rings is 2. The number of amides is 2. The second-order valence-electron chi connectivity index (χ2n) is 11.2. The van der Waals surface area contributed by atoms with E-state index in [-0.39, 0.29) is 18.1 Å². The van der Waals surface area contributed by atoms with Crippen LogP contribution in [0.1, 0.15) is 54.3 Å². The lowest BCUT2D eigenvalue weighted by Gasteiger charge is -2.39. The summed E-state index contributed by atoms with van der Waals surface area (Å²) in [6.07, 6.45) is 3.71. The van der Waals surface area contributed by atoms with Crippen LogP contribution in [0, 0.1) is 5.92 Å². The Bertz CT molecular complexity index is 1120. The summed E-state index contributed by atoms with van der Waals surface area (Å²) in [5.41, 5.74) is 4.88. The van der Waals surface area contributed by atoms with Crippen LogP contribution in [0.4, 0.5) is 10.5 Å². The van der Waals surface area contributed by atoms with Crippen molar-refractivity contribution in [2.45, 2.75) is 44.2 Å². The molecule has 0 spiro atoms. The van der Waals surface area contributed by atoms with Crippen molar-refractivity contribution in [3.05, 3.63) is 65.2 Å². The van der Waals surface area contributed by atoms with Gasteiger partial charge in [0.1, 0.15) is 6.61 Å². The molecule has 3 aliphatic heterocycles. The van der Waals surface area contributed by atoms with Crippen molar-refractivity contribution < 1.29 is 14.3 Å². The number of hydrogen-bond acceptors (Lipinski definition) is 5. The maximum absolute atomic E-state index is 13.1. The van der Waals surface area contributed by atoms with Crippen molar-refractivity contribution in [2.24, 2.45) is 5.92 Å². The first-order chi connectivity index (χ1) is 18.1. The zero-order chi connectivity index (χ0) is 25.4. The van der Waals surface area contributed by atoms with Gasteiger partial charge in [0.15, 0.2) is 0 Å². The molecule has 3 saturated heterocycles. The Hall–Kier alpha value is -3.06. The zero-order valence-corrected chi connectivity index (χ0v) is 21.8. The van der Waals surface area contributed by atoms with Crippen LogP contribution in [-0.2, 0) is 16.1 Å². The van der Waals surface area contributed by atoms with Crippen molar-refractivity contribution in [3.8, 4) is 0 Å². The zero-order valence-electron chi connectivity index (χ0n) is 21.8. The molecular formula is C30H38N4O3. The van der Waals surface area contributed by atoms with Crippen LogP contribution in [0.5, 0.6) is 0 Å². The van der Waals surface area contributed by atoms with Crippen molar-refractivity contribution in [3.63, 3.8) is 0 Å². The second kappa shape index (κ2) is 10.4. The van der Waals surface area contributed by atoms with Gasteiger partial charge in [-0.05, 0) is 80.6 Å². The summed E-state index contributed by atoms with van der Waals surface area (Å²) in [5, 5.41) is 0. The Balaban J connectivity index is 1.09. The molecule has 2 atom stereocenters. The van der Waals surface area contributed by atoms with Crippen LogP contribution in [-0.4, -0.2) is 79.6 Å². The minimum Gasteiger partial charge on any atom is -0.445 e. The molecule has 3 fully saturated rings. The topological polar surface area (TPSA) is 56.3 Å². The SMILES string of the molecule is CN1CCC(C(=O)N2CCN(c3ccc4c(c3)[C@@H]3C[C@H]4CCN3C(=O)OCc3ccccc3)CC2)CC1. The molecule has 7 nitrogen and oxygen atoms in total. The van der Waals surface area contributed by atoms with Gasteiger partial charge in [0, 0.05) is 44.3 Å². The van der Waals surface area contributed by atoms with Crippen LogP contribution >= 0.6 is 0 Å². The van der Waals surface area contributed by atoms with Gasteiger partial charge in [-0.2, -0.15) is 0 Å². The fourth-order valence-corrected chi connectivity index (χ4v) is 6.68. The summed E-state index contributed by atoms with van der Waals surface area (Å²) in [7, 11) is 2.14. The first-order valence-corrected chi connectivity index (χ1v) is 13.9. The van der Waals surface area contributed by atoms with E-state index in [4.69, 9.17) is 4.74 Å². The molecule has 2 amide bonds. The number of likely N-dealkylation sites (tertiary alicyclic amines) is 2. The summed E-state index contributed by atoms with van der Waals surface area (Å²) in [4.78, 5) is 34.9. The number of carbonyl (C=O) groups is 2. The predicted molar refractivity (Wildman–Crippen MR) is 144 cm³/mol. The fourth-order valence-electron chi connectivity index (χ4n) is 6.68. The monoisotopic (exact) mass is 502 g/mol. The Morgan fingerprint density at radius 3 is 2.38 bits per heavy atom. The normalized spacial score (nSPS) is 24.2. The second-order valence-corrected chi connectivity index (χ2v) is 11.2. The number of anilines is 1. The minimum atomic E-state index is -0.216. The van der Waals surface area contributed by atoms with Gasteiger partial charge >= 0.3 is 6.09 Å². The third kappa shape index (κ3) is 4.93. The summed E-state index contributed by atoms with van der Waals surface area (Å²) >= 11 is 0. The molecule has 0 unspecified atom stereocenters. The minimum absolute atomic E-state index is 0.0873. The molecule has 6 rings (SSSR count). The number of ether oxygens (including phenoxy) is 1. The highest BCUT2D eigenvalue weighted by molar-refractivity contribution is 5.79. The maximum Gasteiger partial charge on any atom is 0.410 e. The highest BCUT2D eigenvalue weighted by Gasteiger charge is 2.42. The van der Waals surface area contributed by atoms with Crippen LogP contribution in [0.25, 0.3) is 0 Å². The third-order valence-electron chi connectivity index (χ3n) is 8.94. The number of carbonyl (C=O) groups excluding carboxylic acids is 2. The van der Waals surface area contributed by atoms with E-state index in [1.54, 1.807) is 0 Å². The predicted octanol–water partition coefficient (Wildman–Crippen LogP) is 4.25. The van der Waals surface area contributed by atoms with Gasteiger partial charge in [-0.25, -0.2) is 4.79 Å². The standard InChI is InChI=1S/C30H38N4O3/c1-31-12-9-23(10-13-31)29(35)33-17-15-32(16-18-33)25-7-8-26-24-11-14-34(28(19-24)27(26)20-25)30(36)37-21-22-5-3-2-4-6-22/h2-8,20,23-24,28H,9-19,21H2,1H3/t24-,28+/m1/s1. The molecule has 3 heterocycles. The Labute approximate surface area is 220 Å². The Morgan fingerprint density at radius 1 is 0.865 bits per heavy atom. The molecule has 37 heavy (non-hydrogen) atoms. The van der Waals surface area contributed by atoms with Crippen molar-refractivity contribution >= 4 is 17.7 Å². The van der Waals surface area contributed by atoms with E-state index in [0.29, 0.717) is 18.4 Å². The first-order valence-electron chi connectivity index (χ1n) is 13.9. The highest BCUT2D eigenvalue weighted by Crippen LogP contribution is 2.50. The lowest BCUT2D eigenvalue weighted by atomic mass is 9.95. The summed E-state index contributed by atoms with van der Waals surface area (Å²) in [6.45, 7) is 6.36. The van der Waals surface area contributed by atoms with E-state index < -0.39 is 0 Å². The van der Waals surface area contributed by atoms with Gasteiger partial charge in [0.05, 0.1) is 6.04 Å². The molecule has 2 aromatic carbocycles. The smallest absolute Gasteiger partial charge is 0.410 e. The number of nitrogens with zero attached hydrogens (tertiary/aromatic N) is 4. The van der Waals surface area contributed by atoms with Gasteiger partial charge < -0.3 is 24.3 Å². The van der Waals surface area contributed by atoms with Gasteiger partial charge in [-0.1, -0.05) is 36.4 Å². The maximum atomic E-state index is 13.1. The molecule has 2 aromatic rings. The fraction of sp³-hybridized carbons (Fsp3) is 0.533. The molecule has 0 saturated carbocycles. The van der Waals surface area contributed by atoms with E-state index >= 15 is 0 Å². The van der Waals surface area contributed by atoms with Gasteiger partial charge in [-0.15, -0.1) is 0 Å². The number of fused-ring (bicyclic) bond motifs is 5. The molecule has 4 aliphatic rings. The van der Waals surface area contributed by atoms with E-state index in [0.717, 1.165) is 77.1 Å². The van der Waals surface area contributed by atoms with Crippen molar-refractivity contribution in [1.29, 1.82) is 0 Å². The molecular weight excluding hydrogens is 464 g/mol. The third-order valence-corrected chi connectivity index (χ3v) is 8.94. The summed E-state index contributed by atoms with van der Waals surface area (Å²) in [5.74, 6) is 1.06. The van der Waals surface area contributed by atoms with Crippen LogP contribution in [0.15, 0.2) is 48.5 Å². The summed E-state index contributed by atoms with van der Waals surface area (Å²) in [6, 6.07) is 16.8. The largest absolute Gasteiger partial charge is 0.445 e. The van der Waals surface area contributed by atoms with E-state index in [1.807, 2.05) is 35.2 Å². The van der Waals surface area contributed by atoms with Crippen LogP contribution in [0.2, 0.25) is 0 Å². The van der Waals surface area contributed by atoms with Gasteiger partial charge in [0.25, 0.3) is 0 Å². The van der Waals surface area contributed by atoms with E-state index in [9.17, 15) is 9.59 Å². The van der Waals surface area contributed by atoms with Crippen LogP contribution < -0.4 is 4.90 Å². The molecule has 0 N–H and O–H groups in total. The molecule has 2 bridgehead atoms. The summed E-state index contributed by atoms with van der Waals surface area (Å²) < 4.78 is 5.71. The van der Waals surface area contributed by atoms with Crippen molar-refractivity contribution in [2.75, 3.05) is 57.8 Å². The van der Waals surface area contributed by atoms with Crippen molar-refractivity contribution in [1.82, 2.24) is 14.7 Å². The molecule has 7 heteroatoms. The number of rotatable bonds is 4. The molecule has 0 aromatic heterocycles. The lowest BCUT2D eigenvalue weighted by molar-refractivity contribution is -0.137. The van der Waals surface area contributed by atoms with Gasteiger partial charge in [-0.3, -0.25) is 4.79 Å². The molecule has 196 valence electrons. The molecule has 0 radical (unpaired) electrons. The van der Waals surface area contributed by atoms with Gasteiger partial charge in [0.2, 0.25) is 5.91 Å². The first kappa shape index (κ1) is 24.3. The lowest BCUT2D eigenvalue weighted by Crippen LogP contribution is -2.51. The average Bonchev–Trinajstić information content (AvgIpc) is 3.23. The number of benzene rings is 2. The number of piperazine rings is 1.